The quantitative estimate of drug-likeness (QED) is 0.699. The lowest BCUT2D eigenvalue weighted by Crippen LogP contribution is -2.55. The fourth-order valence-corrected chi connectivity index (χ4v) is 5.25. The molecule has 3 heteroatoms. The van der Waals surface area contributed by atoms with Gasteiger partial charge in [0.15, 0.2) is 12.1 Å². The molecule has 0 spiro atoms. The van der Waals surface area contributed by atoms with Crippen LogP contribution in [0.5, 0.6) is 0 Å². The third-order valence-corrected chi connectivity index (χ3v) is 5.38. The topological polar surface area (TPSA) is 35.5 Å². The summed E-state index contributed by atoms with van der Waals surface area (Å²) in [6.07, 6.45) is 8.04. The molecule has 0 atom stereocenters. The highest BCUT2D eigenvalue weighted by Crippen LogP contribution is 2.62. The Morgan fingerprint density at radius 3 is 1.82 bits per heavy atom. The molecule has 4 aliphatic carbocycles. The van der Waals surface area contributed by atoms with Gasteiger partial charge in [0.05, 0.1) is 0 Å². The molecule has 94 valence electrons. The molecule has 1 aliphatic heterocycles. The highest BCUT2D eigenvalue weighted by atomic mass is 16.7. The Hall–Kier alpha value is -0.410. The summed E-state index contributed by atoms with van der Waals surface area (Å²) in [5, 5.41) is 0. The van der Waals surface area contributed by atoms with Gasteiger partial charge >= 0.3 is 0 Å². The predicted octanol–water partition coefficient (Wildman–Crippen LogP) is 2.14. The highest BCUT2D eigenvalue weighted by Gasteiger charge is 2.55. The maximum absolute atomic E-state index is 11.2. The molecule has 4 saturated carbocycles. The van der Waals surface area contributed by atoms with Crippen molar-refractivity contribution in [3.8, 4) is 0 Å². The zero-order valence-corrected chi connectivity index (χ0v) is 10.2. The van der Waals surface area contributed by atoms with Gasteiger partial charge in [-0.2, -0.15) is 0 Å². The highest BCUT2D eigenvalue weighted by molar-refractivity contribution is 5.81. The maximum Gasteiger partial charge on any atom is 0.184 e. The molecule has 0 unspecified atom stereocenters. The molecule has 5 fully saturated rings. The SMILES string of the molecule is O=C1COC(C23CC4CC(CC(C4)C2)C3)OC1. The lowest BCUT2D eigenvalue weighted by atomic mass is 9.49. The van der Waals surface area contributed by atoms with Crippen molar-refractivity contribution < 1.29 is 14.3 Å². The molecule has 5 aliphatic rings. The Morgan fingerprint density at radius 2 is 1.35 bits per heavy atom. The van der Waals surface area contributed by atoms with Crippen LogP contribution in [0.25, 0.3) is 0 Å². The predicted molar refractivity (Wildman–Crippen MR) is 61.3 cm³/mol. The minimum Gasteiger partial charge on any atom is -0.344 e. The van der Waals surface area contributed by atoms with E-state index in [4.69, 9.17) is 9.47 Å². The van der Waals surface area contributed by atoms with Gasteiger partial charge in [0, 0.05) is 5.41 Å². The molecule has 0 aromatic rings. The van der Waals surface area contributed by atoms with Gasteiger partial charge in [0.1, 0.15) is 13.2 Å². The standard InChI is InChI=1S/C14H20O3/c15-12-7-16-13(17-8-12)14-4-9-1-10(5-14)3-11(2-9)6-14/h9-11,13H,1-8H2. The van der Waals surface area contributed by atoms with E-state index in [-0.39, 0.29) is 30.7 Å². The fraction of sp³-hybridized carbons (Fsp3) is 0.929. The van der Waals surface area contributed by atoms with Gasteiger partial charge < -0.3 is 9.47 Å². The van der Waals surface area contributed by atoms with E-state index in [2.05, 4.69) is 0 Å². The smallest absolute Gasteiger partial charge is 0.184 e. The molecule has 0 amide bonds. The average molecular weight is 236 g/mol. The van der Waals surface area contributed by atoms with Crippen molar-refractivity contribution in [2.75, 3.05) is 13.2 Å². The van der Waals surface area contributed by atoms with Crippen LogP contribution in [-0.4, -0.2) is 25.3 Å². The Bertz CT molecular complexity index is 304. The van der Waals surface area contributed by atoms with Crippen LogP contribution in [-0.2, 0) is 14.3 Å². The third-order valence-electron chi connectivity index (χ3n) is 5.38. The van der Waals surface area contributed by atoms with Crippen molar-refractivity contribution >= 4 is 5.78 Å². The maximum atomic E-state index is 11.2. The van der Waals surface area contributed by atoms with E-state index in [1.54, 1.807) is 0 Å². The summed E-state index contributed by atoms with van der Waals surface area (Å²) in [5.41, 5.74) is 0.259. The molecule has 5 rings (SSSR count). The fourth-order valence-electron chi connectivity index (χ4n) is 5.25. The number of rotatable bonds is 1. The first-order valence-corrected chi connectivity index (χ1v) is 6.98. The normalized spacial score (nSPS) is 49.9. The van der Waals surface area contributed by atoms with Crippen molar-refractivity contribution in [2.45, 2.75) is 44.8 Å². The Labute approximate surface area is 102 Å². The molecule has 4 bridgehead atoms. The van der Waals surface area contributed by atoms with Crippen LogP contribution in [0.3, 0.4) is 0 Å². The Kier molecular flexibility index (Phi) is 2.19. The Morgan fingerprint density at radius 1 is 0.882 bits per heavy atom. The third kappa shape index (κ3) is 1.59. The minimum absolute atomic E-state index is 0.0889. The van der Waals surface area contributed by atoms with Crippen LogP contribution in [0.4, 0.5) is 0 Å². The van der Waals surface area contributed by atoms with Crippen LogP contribution in [0.2, 0.25) is 0 Å². The van der Waals surface area contributed by atoms with Gasteiger partial charge in [-0.05, 0) is 56.3 Å². The molecule has 0 aromatic carbocycles. The van der Waals surface area contributed by atoms with E-state index in [1.165, 1.54) is 38.5 Å². The number of hydrogen-bond donors (Lipinski definition) is 0. The second kappa shape index (κ2) is 3.55. The second-order valence-electron chi connectivity index (χ2n) is 6.77. The number of ketones is 1. The minimum atomic E-state index is -0.0893. The molecular formula is C14H20O3. The summed E-state index contributed by atoms with van der Waals surface area (Å²) in [4.78, 5) is 11.2. The molecule has 0 radical (unpaired) electrons. The van der Waals surface area contributed by atoms with Crippen molar-refractivity contribution in [2.24, 2.45) is 23.2 Å². The largest absolute Gasteiger partial charge is 0.344 e. The van der Waals surface area contributed by atoms with Crippen LogP contribution in [0, 0.1) is 23.2 Å². The van der Waals surface area contributed by atoms with Gasteiger partial charge in [0.2, 0.25) is 0 Å². The zero-order valence-electron chi connectivity index (χ0n) is 10.2. The first-order chi connectivity index (χ1) is 8.23. The number of hydrogen-bond acceptors (Lipinski definition) is 3. The summed E-state index contributed by atoms with van der Waals surface area (Å²) >= 11 is 0. The number of carbonyl (C=O) groups is 1. The zero-order chi connectivity index (χ0) is 11.5. The van der Waals surface area contributed by atoms with Crippen LogP contribution in [0.15, 0.2) is 0 Å². The molecule has 1 heterocycles. The van der Waals surface area contributed by atoms with E-state index in [0.717, 1.165) is 17.8 Å². The monoisotopic (exact) mass is 236 g/mol. The van der Waals surface area contributed by atoms with Crippen molar-refractivity contribution in [1.82, 2.24) is 0 Å². The first kappa shape index (κ1) is 10.5. The van der Waals surface area contributed by atoms with E-state index in [0.29, 0.717) is 0 Å². The number of carbonyl (C=O) groups excluding carboxylic acids is 1. The molecule has 1 saturated heterocycles. The lowest BCUT2D eigenvalue weighted by molar-refractivity contribution is -0.262. The number of Topliss-reactive ketones (excluding diaryl/α,β-unsaturated/α-hetero) is 1. The first-order valence-electron chi connectivity index (χ1n) is 6.98. The molecular weight excluding hydrogens is 216 g/mol. The van der Waals surface area contributed by atoms with Gasteiger partial charge in [-0.3, -0.25) is 4.79 Å². The van der Waals surface area contributed by atoms with Gasteiger partial charge in [-0.15, -0.1) is 0 Å². The van der Waals surface area contributed by atoms with Crippen molar-refractivity contribution in [1.29, 1.82) is 0 Å². The van der Waals surface area contributed by atoms with Gasteiger partial charge in [-0.25, -0.2) is 0 Å². The summed E-state index contributed by atoms with van der Waals surface area (Å²) in [6.45, 7) is 0.541. The molecule has 17 heavy (non-hydrogen) atoms. The second-order valence-corrected chi connectivity index (χ2v) is 6.77. The lowest BCUT2D eigenvalue weighted by Gasteiger charge is -2.58. The van der Waals surface area contributed by atoms with E-state index in [9.17, 15) is 4.79 Å². The molecule has 3 nitrogen and oxygen atoms in total. The summed E-state index contributed by atoms with van der Waals surface area (Å²) in [5.74, 6) is 2.81. The summed E-state index contributed by atoms with van der Waals surface area (Å²) in [6, 6.07) is 0. The van der Waals surface area contributed by atoms with E-state index >= 15 is 0 Å². The van der Waals surface area contributed by atoms with Crippen molar-refractivity contribution in [3.63, 3.8) is 0 Å². The van der Waals surface area contributed by atoms with E-state index < -0.39 is 0 Å². The summed E-state index contributed by atoms with van der Waals surface area (Å²) in [7, 11) is 0. The van der Waals surface area contributed by atoms with Crippen LogP contribution < -0.4 is 0 Å². The van der Waals surface area contributed by atoms with E-state index in [1.807, 2.05) is 0 Å². The molecule has 0 aromatic heterocycles. The number of ether oxygens (including phenoxy) is 2. The van der Waals surface area contributed by atoms with Crippen LogP contribution in [0.1, 0.15) is 38.5 Å². The average Bonchev–Trinajstić information content (AvgIpc) is 2.27. The van der Waals surface area contributed by atoms with Crippen molar-refractivity contribution in [3.05, 3.63) is 0 Å². The van der Waals surface area contributed by atoms with Gasteiger partial charge in [-0.1, -0.05) is 0 Å². The van der Waals surface area contributed by atoms with Gasteiger partial charge in [0.25, 0.3) is 0 Å². The van der Waals surface area contributed by atoms with Crippen LogP contribution >= 0.6 is 0 Å². The molecule has 0 N–H and O–H groups in total. The Balaban J connectivity index is 1.58. The summed E-state index contributed by atoms with van der Waals surface area (Å²) < 4.78 is 11.4.